The van der Waals surface area contributed by atoms with Crippen molar-refractivity contribution in [3.8, 4) is 0 Å². The van der Waals surface area contributed by atoms with Gasteiger partial charge >= 0.3 is 0 Å². The predicted molar refractivity (Wildman–Crippen MR) is 151 cm³/mol. The van der Waals surface area contributed by atoms with Gasteiger partial charge in [-0.15, -0.1) is 11.3 Å². The van der Waals surface area contributed by atoms with Crippen LogP contribution in [0.3, 0.4) is 0 Å². The summed E-state index contributed by atoms with van der Waals surface area (Å²) in [5, 5.41) is 1.29. The molecule has 1 unspecified atom stereocenters. The van der Waals surface area contributed by atoms with Crippen LogP contribution in [0.2, 0.25) is 0 Å². The number of rotatable bonds is 4. The van der Waals surface area contributed by atoms with E-state index in [4.69, 9.17) is 9.97 Å². The first-order valence-corrected chi connectivity index (χ1v) is 14.5. The Bertz CT molecular complexity index is 1230. The van der Waals surface area contributed by atoms with Gasteiger partial charge in [0.15, 0.2) is 0 Å². The number of aryl methyl sites for hydroxylation is 2. The zero-order valence-corrected chi connectivity index (χ0v) is 23.4. The van der Waals surface area contributed by atoms with Crippen molar-refractivity contribution < 1.29 is 4.79 Å². The van der Waals surface area contributed by atoms with Crippen LogP contribution in [0.5, 0.6) is 0 Å². The predicted octanol–water partition coefficient (Wildman–Crippen LogP) is 6.73. The fourth-order valence-electron chi connectivity index (χ4n) is 5.38. The third-order valence-corrected chi connectivity index (χ3v) is 9.17. The smallest absolute Gasteiger partial charge is 0.253 e. The molecule has 0 spiro atoms. The summed E-state index contributed by atoms with van der Waals surface area (Å²) in [6.07, 6.45) is 7.18. The SMILES string of the molecule is CCC(C)c1nc(N2CCN(C(=O)c3ccc(C(C)(C)C)cc3)CC2)c2c3c(sc2n1)CCCCC3. The van der Waals surface area contributed by atoms with E-state index >= 15 is 0 Å². The van der Waals surface area contributed by atoms with Gasteiger partial charge in [-0.1, -0.05) is 53.2 Å². The van der Waals surface area contributed by atoms with E-state index in [2.05, 4.69) is 51.7 Å². The number of amides is 1. The molecule has 0 saturated carbocycles. The monoisotopic (exact) mass is 504 g/mol. The third kappa shape index (κ3) is 4.89. The normalized spacial score (nSPS) is 17.7. The highest BCUT2D eigenvalue weighted by Gasteiger charge is 2.28. The number of carbonyl (C=O) groups excluding carboxylic acids is 1. The second-order valence-corrected chi connectivity index (χ2v) is 12.6. The third-order valence-electron chi connectivity index (χ3n) is 7.98. The Morgan fingerprint density at radius 2 is 1.69 bits per heavy atom. The van der Waals surface area contributed by atoms with Crippen LogP contribution in [0, 0.1) is 0 Å². The molecule has 0 N–H and O–H groups in total. The van der Waals surface area contributed by atoms with Gasteiger partial charge in [0.2, 0.25) is 0 Å². The number of thiophene rings is 1. The van der Waals surface area contributed by atoms with E-state index < -0.39 is 0 Å². The maximum absolute atomic E-state index is 13.3. The van der Waals surface area contributed by atoms with Crippen molar-refractivity contribution in [2.45, 2.75) is 84.5 Å². The summed E-state index contributed by atoms with van der Waals surface area (Å²) in [5.41, 5.74) is 3.62. The molecular weight excluding hydrogens is 464 g/mol. The summed E-state index contributed by atoms with van der Waals surface area (Å²) >= 11 is 1.90. The van der Waals surface area contributed by atoms with Crippen LogP contribution in [0.4, 0.5) is 5.82 Å². The van der Waals surface area contributed by atoms with E-state index in [-0.39, 0.29) is 11.3 Å². The second-order valence-electron chi connectivity index (χ2n) is 11.6. The number of hydrogen-bond acceptors (Lipinski definition) is 5. The Labute approximate surface area is 219 Å². The molecule has 5 nitrogen and oxygen atoms in total. The Balaban J connectivity index is 1.39. The highest BCUT2D eigenvalue weighted by molar-refractivity contribution is 7.19. The molecule has 3 aromatic rings. The molecule has 192 valence electrons. The molecule has 2 aromatic heterocycles. The number of aromatic nitrogens is 2. The standard InChI is InChI=1S/C30H40N4OS/c1-6-20(2)26-31-27(25-23-10-8-7-9-11-24(23)36-28(25)32-26)33-16-18-34(19-17-33)29(35)21-12-14-22(15-13-21)30(3,4)5/h12-15,20H,6-11,16-19H2,1-5H3. The molecule has 1 fully saturated rings. The summed E-state index contributed by atoms with van der Waals surface area (Å²) in [6, 6.07) is 8.17. The Hall–Kier alpha value is -2.47. The number of benzene rings is 1. The zero-order valence-electron chi connectivity index (χ0n) is 22.6. The van der Waals surface area contributed by atoms with E-state index in [1.807, 2.05) is 28.4 Å². The minimum atomic E-state index is 0.0874. The largest absolute Gasteiger partial charge is 0.352 e. The molecule has 5 rings (SSSR count). The molecule has 0 bridgehead atoms. The number of nitrogens with zero attached hydrogens (tertiary/aromatic N) is 4. The van der Waals surface area contributed by atoms with Crippen LogP contribution < -0.4 is 4.90 Å². The lowest BCUT2D eigenvalue weighted by atomic mass is 9.86. The molecule has 3 heterocycles. The summed E-state index contributed by atoms with van der Waals surface area (Å²) in [5.74, 6) is 2.55. The number of anilines is 1. The molecule has 1 amide bonds. The molecule has 0 radical (unpaired) electrons. The van der Waals surface area contributed by atoms with Crippen LogP contribution >= 0.6 is 11.3 Å². The van der Waals surface area contributed by atoms with Gasteiger partial charge in [0.05, 0.1) is 5.39 Å². The maximum atomic E-state index is 13.3. The molecule has 1 aromatic carbocycles. The molecule has 2 aliphatic rings. The fraction of sp³-hybridized carbons (Fsp3) is 0.567. The average molecular weight is 505 g/mol. The van der Waals surface area contributed by atoms with Gasteiger partial charge in [-0.25, -0.2) is 9.97 Å². The van der Waals surface area contributed by atoms with Crippen molar-refractivity contribution in [3.63, 3.8) is 0 Å². The van der Waals surface area contributed by atoms with Crippen LogP contribution in [0.15, 0.2) is 24.3 Å². The molecule has 1 aliphatic heterocycles. The van der Waals surface area contributed by atoms with Crippen molar-refractivity contribution in [1.82, 2.24) is 14.9 Å². The van der Waals surface area contributed by atoms with Crippen molar-refractivity contribution in [2.24, 2.45) is 0 Å². The first kappa shape index (κ1) is 25.2. The Kier molecular flexibility index (Phi) is 7.08. The number of carbonyl (C=O) groups is 1. The molecular formula is C30H40N4OS. The molecule has 1 saturated heterocycles. The average Bonchev–Trinajstić information content (AvgIpc) is 3.07. The van der Waals surface area contributed by atoms with Gasteiger partial charge in [-0.2, -0.15) is 0 Å². The quantitative estimate of drug-likeness (QED) is 0.370. The molecule has 6 heteroatoms. The van der Waals surface area contributed by atoms with Gasteiger partial charge < -0.3 is 9.80 Å². The van der Waals surface area contributed by atoms with E-state index in [0.29, 0.717) is 5.92 Å². The van der Waals surface area contributed by atoms with Crippen molar-refractivity contribution in [2.75, 3.05) is 31.1 Å². The van der Waals surface area contributed by atoms with Crippen LogP contribution in [0.1, 0.15) is 98.4 Å². The van der Waals surface area contributed by atoms with Gasteiger partial charge in [0.1, 0.15) is 16.5 Å². The summed E-state index contributed by atoms with van der Waals surface area (Å²) in [6.45, 7) is 14.1. The lowest BCUT2D eigenvalue weighted by Gasteiger charge is -2.36. The minimum absolute atomic E-state index is 0.0874. The van der Waals surface area contributed by atoms with E-state index in [1.165, 1.54) is 51.9 Å². The van der Waals surface area contributed by atoms with Gasteiger partial charge in [-0.3, -0.25) is 4.79 Å². The highest BCUT2D eigenvalue weighted by Crippen LogP contribution is 2.40. The summed E-state index contributed by atoms with van der Waals surface area (Å²) < 4.78 is 0. The van der Waals surface area contributed by atoms with Crippen LogP contribution in [0.25, 0.3) is 10.2 Å². The van der Waals surface area contributed by atoms with Crippen molar-refractivity contribution in [3.05, 3.63) is 51.7 Å². The maximum Gasteiger partial charge on any atom is 0.253 e. The number of fused-ring (bicyclic) bond motifs is 3. The Morgan fingerprint density at radius 3 is 2.36 bits per heavy atom. The van der Waals surface area contributed by atoms with Gasteiger partial charge in [0, 0.05) is 42.5 Å². The molecule has 1 aliphatic carbocycles. The van der Waals surface area contributed by atoms with E-state index in [9.17, 15) is 4.79 Å². The summed E-state index contributed by atoms with van der Waals surface area (Å²) in [4.78, 5) is 30.6. The Morgan fingerprint density at radius 1 is 1.00 bits per heavy atom. The molecule has 36 heavy (non-hydrogen) atoms. The summed E-state index contributed by atoms with van der Waals surface area (Å²) in [7, 11) is 0. The lowest BCUT2D eigenvalue weighted by Crippen LogP contribution is -2.49. The van der Waals surface area contributed by atoms with E-state index in [1.54, 1.807) is 0 Å². The number of hydrogen-bond donors (Lipinski definition) is 0. The number of piperazine rings is 1. The van der Waals surface area contributed by atoms with Gasteiger partial charge in [-0.05, 0) is 60.8 Å². The first-order valence-electron chi connectivity index (χ1n) is 13.7. The van der Waals surface area contributed by atoms with Crippen LogP contribution in [-0.4, -0.2) is 47.0 Å². The first-order chi connectivity index (χ1) is 17.3. The van der Waals surface area contributed by atoms with Crippen molar-refractivity contribution in [1.29, 1.82) is 0 Å². The highest BCUT2D eigenvalue weighted by atomic mass is 32.1. The fourth-order valence-corrected chi connectivity index (χ4v) is 6.64. The second kappa shape index (κ2) is 10.1. The topological polar surface area (TPSA) is 49.3 Å². The molecule has 1 atom stereocenters. The van der Waals surface area contributed by atoms with Crippen LogP contribution in [-0.2, 0) is 18.3 Å². The van der Waals surface area contributed by atoms with Crippen molar-refractivity contribution >= 4 is 33.3 Å². The lowest BCUT2D eigenvalue weighted by molar-refractivity contribution is 0.0746. The van der Waals surface area contributed by atoms with E-state index in [0.717, 1.165) is 56.2 Å². The minimum Gasteiger partial charge on any atom is -0.352 e. The van der Waals surface area contributed by atoms with Gasteiger partial charge in [0.25, 0.3) is 5.91 Å². The zero-order chi connectivity index (χ0) is 25.4.